The molecule has 1 aliphatic rings. The number of rotatable bonds is 2. The van der Waals surface area contributed by atoms with Gasteiger partial charge in [-0.1, -0.05) is 42.5 Å². The monoisotopic (exact) mass is 267 g/mol. The molecule has 0 saturated heterocycles. The van der Waals surface area contributed by atoms with Crippen molar-refractivity contribution in [3.8, 4) is 5.75 Å². The van der Waals surface area contributed by atoms with E-state index in [9.17, 15) is 4.79 Å². The Hall–Kier alpha value is -2.46. The minimum atomic E-state index is -1.48. The number of para-hydroxylation sites is 1. The highest BCUT2D eigenvalue weighted by Gasteiger charge is 2.48. The lowest BCUT2D eigenvalue weighted by molar-refractivity contribution is -0.116. The third-order valence-corrected chi connectivity index (χ3v) is 3.38. The van der Waals surface area contributed by atoms with E-state index in [1.807, 2.05) is 18.2 Å². The fraction of sp³-hybridized carbons (Fsp3) is 0.125. The van der Waals surface area contributed by atoms with Gasteiger partial charge >= 0.3 is 0 Å². The van der Waals surface area contributed by atoms with Gasteiger partial charge in [0.15, 0.2) is 5.71 Å². The van der Waals surface area contributed by atoms with Gasteiger partial charge < -0.3 is 9.47 Å². The van der Waals surface area contributed by atoms with Crippen LogP contribution in [0.4, 0.5) is 0 Å². The molecule has 4 heteroatoms. The average Bonchev–Trinajstić information content (AvgIpc) is 2.52. The highest BCUT2D eigenvalue weighted by molar-refractivity contribution is 6.48. The van der Waals surface area contributed by atoms with Crippen molar-refractivity contribution in [3.63, 3.8) is 0 Å². The number of ketones is 1. The second kappa shape index (κ2) is 4.58. The summed E-state index contributed by atoms with van der Waals surface area (Å²) in [6, 6.07) is 15.9. The van der Waals surface area contributed by atoms with E-state index in [1.54, 1.807) is 36.4 Å². The smallest absolute Gasteiger partial charge is 0.284 e. The highest BCUT2D eigenvalue weighted by Crippen LogP contribution is 2.37. The summed E-state index contributed by atoms with van der Waals surface area (Å²) >= 11 is 0. The number of benzene rings is 2. The van der Waals surface area contributed by atoms with Crippen LogP contribution < -0.4 is 4.74 Å². The molecule has 0 amide bonds. The van der Waals surface area contributed by atoms with Gasteiger partial charge in [-0.2, -0.15) is 0 Å². The summed E-state index contributed by atoms with van der Waals surface area (Å²) < 4.78 is 11.3. The second-order valence-electron chi connectivity index (χ2n) is 4.49. The van der Waals surface area contributed by atoms with Gasteiger partial charge in [0.2, 0.25) is 5.78 Å². The Kier molecular flexibility index (Phi) is 2.88. The molecule has 100 valence electrons. The van der Waals surface area contributed by atoms with Gasteiger partial charge in [0, 0.05) is 12.7 Å². The van der Waals surface area contributed by atoms with Crippen molar-refractivity contribution in [2.45, 2.75) is 5.79 Å². The normalized spacial score (nSPS) is 21.2. The molecule has 1 N–H and O–H groups in total. The van der Waals surface area contributed by atoms with Crippen LogP contribution in [0, 0.1) is 5.41 Å². The van der Waals surface area contributed by atoms with E-state index in [0.29, 0.717) is 16.9 Å². The van der Waals surface area contributed by atoms with Crippen molar-refractivity contribution < 1.29 is 14.3 Å². The van der Waals surface area contributed by atoms with E-state index in [1.165, 1.54) is 7.11 Å². The lowest BCUT2D eigenvalue weighted by Gasteiger charge is -2.36. The molecule has 0 bridgehead atoms. The average molecular weight is 267 g/mol. The molecule has 4 nitrogen and oxygen atoms in total. The van der Waals surface area contributed by atoms with E-state index in [0.717, 1.165) is 0 Å². The van der Waals surface area contributed by atoms with Gasteiger partial charge in [-0.3, -0.25) is 10.2 Å². The van der Waals surface area contributed by atoms with Crippen molar-refractivity contribution in [2.75, 3.05) is 7.11 Å². The van der Waals surface area contributed by atoms with Gasteiger partial charge in [-0.25, -0.2) is 0 Å². The first kappa shape index (κ1) is 12.6. The van der Waals surface area contributed by atoms with Crippen LogP contribution in [0.1, 0.15) is 15.9 Å². The molecule has 0 aliphatic carbocycles. The van der Waals surface area contributed by atoms with Crippen molar-refractivity contribution in [1.29, 1.82) is 5.41 Å². The van der Waals surface area contributed by atoms with Crippen LogP contribution in [-0.2, 0) is 10.5 Å². The molecular weight excluding hydrogens is 254 g/mol. The van der Waals surface area contributed by atoms with Crippen molar-refractivity contribution in [1.82, 2.24) is 0 Å². The topological polar surface area (TPSA) is 59.4 Å². The number of carbonyl (C=O) groups is 1. The van der Waals surface area contributed by atoms with Crippen molar-refractivity contribution in [3.05, 3.63) is 65.7 Å². The first-order valence-corrected chi connectivity index (χ1v) is 6.21. The summed E-state index contributed by atoms with van der Waals surface area (Å²) in [6.45, 7) is 0. The number of carbonyl (C=O) groups excluding carboxylic acids is 1. The Labute approximate surface area is 116 Å². The zero-order chi connectivity index (χ0) is 14.2. The molecule has 0 saturated carbocycles. The molecule has 1 heterocycles. The zero-order valence-corrected chi connectivity index (χ0v) is 10.9. The fourth-order valence-corrected chi connectivity index (χ4v) is 2.36. The molecule has 0 spiro atoms. The molecule has 1 unspecified atom stereocenters. The Morgan fingerprint density at radius 2 is 1.70 bits per heavy atom. The molecule has 20 heavy (non-hydrogen) atoms. The molecule has 3 rings (SSSR count). The molecule has 0 aromatic heterocycles. The van der Waals surface area contributed by atoms with Crippen molar-refractivity contribution >= 4 is 11.5 Å². The maximum Gasteiger partial charge on any atom is 0.284 e. The second-order valence-corrected chi connectivity index (χ2v) is 4.49. The predicted molar refractivity (Wildman–Crippen MR) is 74.3 cm³/mol. The third-order valence-electron chi connectivity index (χ3n) is 3.38. The van der Waals surface area contributed by atoms with Crippen LogP contribution in [-0.4, -0.2) is 18.6 Å². The first-order valence-electron chi connectivity index (χ1n) is 6.21. The number of fused-ring (bicyclic) bond motifs is 1. The van der Waals surface area contributed by atoms with Gasteiger partial charge in [0.1, 0.15) is 5.75 Å². The quantitative estimate of drug-likeness (QED) is 0.910. The van der Waals surface area contributed by atoms with E-state index in [4.69, 9.17) is 14.9 Å². The molecule has 0 radical (unpaired) electrons. The summed E-state index contributed by atoms with van der Waals surface area (Å²) in [5.74, 6) is -1.43. The molecule has 2 aromatic rings. The van der Waals surface area contributed by atoms with Gasteiger partial charge in [-0.15, -0.1) is 0 Å². The Bertz CT molecular complexity index is 681. The summed E-state index contributed by atoms with van der Waals surface area (Å²) in [4.78, 5) is 12.4. The standard InChI is InChI=1S/C16H13NO3/c1-19-16(11-7-3-2-4-8-11)15(17)14(18)12-9-5-6-10-13(12)20-16/h2-10,17H,1H3. The van der Waals surface area contributed by atoms with Crippen LogP contribution in [0.15, 0.2) is 54.6 Å². The van der Waals surface area contributed by atoms with Gasteiger partial charge in [-0.05, 0) is 12.1 Å². The molecule has 0 fully saturated rings. The maximum absolute atomic E-state index is 12.4. The number of methoxy groups -OCH3 is 1. The SMILES string of the molecule is COC1(c2ccccc2)Oc2ccccc2C(=O)C1=N. The number of hydrogen-bond donors (Lipinski definition) is 1. The summed E-state index contributed by atoms with van der Waals surface area (Å²) in [6.07, 6.45) is 0. The first-order chi connectivity index (χ1) is 9.69. The Balaban J connectivity index is 2.19. The van der Waals surface area contributed by atoms with Crippen LogP contribution in [0.2, 0.25) is 0 Å². The molecular formula is C16H13NO3. The van der Waals surface area contributed by atoms with Crippen LogP contribution in [0.3, 0.4) is 0 Å². The number of Topliss-reactive ketones (excluding diaryl/α,β-unsaturated/α-hetero) is 1. The number of ether oxygens (including phenoxy) is 2. The molecule has 1 atom stereocenters. The lowest BCUT2D eigenvalue weighted by atomic mass is 9.91. The predicted octanol–water partition coefficient (Wildman–Crippen LogP) is 2.78. The van der Waals surface area contributed by atoms with E-state index >= 15 is 0 Å². The Morgan fingerprint density at radius 3 is 2.40 bits per heavy atom. The van der Waals surface area contributed by atoms with E-state index < -0.39 is 5.79 Å². The third kappa shape index (κ3) is 1.66. The Morgan fingerprint density at radius 1 is 1.05 bits per heavy atom. The van der Waals surface area contributed by atoms with Crippen LogP contribution in [0.5, 0.6) is 5.75 Å². The highest BCUT2D eigenvalue weighted by atomic mass is 16.7. The van der Waals surface area contributed by atoms with Gasteiger partial charge in [0.25, 0.3) is 5.79 Å². The summed E-state index contributed by atoms with van der Waals surface area (Å²) in [5.41, 5.74) is 0.793. The van der Waals surface area contributed by atoms with Crippen LogP contribution in [0.25, 0.3) is 0 Å². The van der Waals surface area contributed by atoms with E-state index in [-0.39, 0.29) is 11.5 Å². The lowest BCUT2D eigenvalue weighted by Crippen LogP contribution is -2.49. The van der Waals surface area contributed by atoms with Crippen molar-refractivity contribution in [2.24, 2.45) is 0 Å². The fourth-order valence-electron chi connectivity index (χ4n) is 2.36. The molecule has 2 aromatic carbocycles. The minimum Gasteiger partial charge on any atom is -0.451 e. The summed E-state index contributed by atoms with van der Waals surface area (Å²) in [5, 5.41) is 8.17. The number of nitrogens with one attached hydrogen (secondary N) is 1. The zero-order valence-electron chi connectivity index (χ0n) is 10.9. The summed E-state index contributed by atoms with van der Waals surface area (Å²) in [7, 11) is 1.43. The van der Waals surface area contributed by atoms with E-state index in [2.05, 4.69) is 0 Å². The largest absolute Gasteiger partial charge is 0.451 e. The van der Waals surface area contributed by atoms with Gasteiger partial charge in [0.05, 0.1) is 5.56 Å². The maximum atomic E-state index is 12.4. The molecule has 1 aliphatic heterocycles. The minimum absolute atomic E-state index is 0.218. The van der Waals surface area contributed by atoms with Crippen LogP contribution >= 0.6 is 0 Å². The number of hydrogen-bond acceptors (Lipinski definition) is 4.